The Labute approximate surface area is 129 Å². The van der Waals surface area contributed by atoms with E-state index in [9.17, 15) is 9.59 Å². The number of hydrogen-bond acceptors (Lipinski definition) is 4. The van der Waals surface area contributed by atoms with Crippen molar-refractivity contribution in [2.45, 2.75) is 13.3 Å². The highest BCUT2D eigenvalue weighted by Gasteiger charge is 2.09. The summed E-state index contributed by atoms with van der Waals surface area (Å²) in [6, 6.07) is 11.1. The molecule has 1 aromatic heterocycles. The maximum atomic E-state index is 11.9. The number of hydrogen-bond donors (Lipinski definition) is 1. The number of aromatic nitrogens is 1. The van der Waals surface area contributed by atoms with E-state index in [0.717, 1.165) is 23.2 Å². The fourth-order valence-corrected chi connectivity index (χ4v) is 2.11. The number of rotatable bonds is 5. The van der Waals surface area contributed by atoms with Crippen LogP contribution in [0.25, 0.3) is 11.1 Å². The van der Waals surface area contributed by atoms with Crippen molar-refractivity contribution < 1.29 is 14.3 Å². The third-order valence-corrected chi connectivity index (χ3v) is 3.30. The van der Waals surface area contributed by atoms with Gasteiger partial charge in [-0.2, -0.15) is 0 Å². The summed E-state index contributed by atoms with van der Waals surface area (Å²) in [5.41, 5.74) is 3.58. The highest BCUT2D eigenvalue weighted by Crippen LogP contribution is 2.22. The lowest BCUT2D eigenvalue weighted by atomic mass is 10.0. The van der Waals surface area contributed by atoms with Gasteiger partial charge < -0.3 is 10.1 Å². The zero-order valence-electron chi connectivity index (χ0n) is 12.6. The molecule has 0 unspecified atom stereocenters. The maximum absolute atomic E-state index is 11.9. The topological polar surface area (TPSA) is 68.3 Å². The van der Waals surface area contributed by atoms with Gasteiger partial charge in [0.2, 0.25) is 0 Å². The second kappa shape index (κ2) is 7.36. The number of esters is 1. The van der Waals surface area contributed by atoms with E-state index in [1.807, 2.05) is 24.3 Å². The molecule has 0 saturated heterocycles. The maximum Gasteiger partial charge on any atom is 0.325 e. The van der Waals surface area contributed by atoms with Crippen LogP contribution in [0.4, 0.5) is 0 Å². The smallest absolute Gasteiger partial charge is 0.325 e. The normalized spacial score (nSPS) is 10.1. The van der Waals surface area contributed by atoms with Gasteiger partial charge in [0.1, 0.15) is 6.54 Å². The molecule has 1 heterocycles. The minimum atomic E-state index is -0.479. The van der Waals surface area contributed by atoms with Crippen molar-refractivity contribution in [3.05, 3.63) is 53.9 Å². The van der Waals surface area contributed by atoms with Gasteiger partial charge in [0.25, 0.3) is 5.91 Å². The Bertz CT molecular complexity index is 666. The number of carbonyl (C=O) groups excluding carboxylic acids is 2. The van der Waals surface area contributed by atoms with E-state index in [-0.39, 0.29) is 12.5 Å². The predicted molar refractivity (Wildman–Crippen MR) is 83.4 cm³/mol. The predicted octanol–water partition coefficient (Wildman–Crippen LogP) is 2.21. The summed E-state index contributed by atoms with van der Waals surface area (Å²) in [5, 5.41) is 2.51. The number of ether oxygens (including phenoxy) is 1. The summed E-state index contributed by atoms with van der Waals surface area (Å²) in [6.45, 7) is 1.92. The number of benzene rings is 1. The molecule has 1 N–H and O–H groups in total. The molecule has 0 atom stereocenters. The number of nitrogens with one attached hydrogen (secondary N) is 1. The molecule has 1 amide bonds. The van der Waals surface area contributed by atoms with Crippen LogP contribution in [0.15, 0.2) is 42.6 Å². The van der Waals surface area contributed by atoms with Gasteiger partial charge in [0.15, 0.2) is 0 Å². The van der Waals surface area contributed by atoms with Gasteiger partial charge in [-0.25, -0.2) is 0 Å². The summed E-state index contributed by atoms with van der Waals surface area (Å²) in [6.07, 6.45) is 2.62. The van der Waals surface area contributed by atoms with Crippen molar-refractivity contribution in [3.63, 3.8) is 0 Å². The average molecular weight is 298 g/mol. The third kappa shape index (κ3) is 3.69. The molecule has 114 valence electrons. The second-order valence-corrected chi connectivity index (χ2v) is 4.69. The van der Waals surface area contributed by atoms with Gasteiger partial charge in [0, 0.05) is 23.0 Å². The van der Waals surface area contributed by atoms with Gasteiger partial charge >= 0.3 is 5.97 Å². The van der Waals surface area contributed by atoms with Crippen LogP contribution < -0.4 is 5.32 Å². The standard InChI is InChI=1S/C17H18N2O3/c1-3-15-14(5-4-10-18-15)12-6-8-13(9-7-12)17(21)19-11-16(20)22-2/h4-10H,3,11H2,1-2H3,(H,19,21). The van der Waals surface area contributed by atoms with Crippen LogP contribution in [0.3, 0.4) is 0 Å². The van der Waals surface area contributed by atoms with Crippen molar-refractivity contribution >= 4 is 11.9 Å². The third-order valence-electron chi connectivity index (χ3n) is 3.30. The lowest BCUT2D eigenvalue weighted by Gasteiger charge is -2.08. The quantitative estimate of drug-likeness (QED) is 0.859. The fourth-order valence-electron chi connectivity index (χ4n) is 2.11. The first-order valence-corrected chi connectivity index (χ1v) is 7.05. The van der Waals surface area contributed by atoms with Crippen molar-refractivity contribution in [2.75, 3.05) is 13.7 Å². The number of nitrogens with zero attached hydrogens (tertiary/aromatic N) is 1. The van der Waals surface area contributed by atoms with E-state index in [4.69, 9.17) is 0 Å². The summed E-state index contributed by atoms with van der Waals surface area (Å²) in [4.78, 5) is 27.3. The lowest BCUT2D eigenvalue weighted by Crippen LogP contribution is -2.30. The molecule has 0 radical (unpaired) electrons. The number of aryl methyl sites for hydroxylation is 1. The van der Waals surface area contributed by atoms with Gasteiger partial charge in [0.05, 0.1) is 7.11 Å². The molecule has 0 saturated carbocycles. The van der Waals surface area contributed by atoms with Gasteiger partial charge in [-0.1, -0.05) is 25.1 Å². The van der Waals surface area contributed by atoms with Crippen LogP contribution in [0.1, 0.15) is 23.0 Å². The van der Waals surface area contributed by atoms with Crippen molar-refractivity contribution in [1.82, 2.24) is 10.3 Å². The van der Waals surface area contributed by atoms with Crippen LogP contribution in [0.2, 0.25) is 0 Å². The average Bonchev–Trinajstić information content (AvgIpc) is 2.59. The zero-order valence-corrected chi connectivity index (χ0v) is 12.6. The summed E-state index contributed by atoms with van der Waals surface area (Å²) < 4.78 is 4.48. The number of methoxy groups -OCH3 is 1. The molecule has 0 fully saturated rings. The summed E-state index contributed by atoms with van der Waals surface area (Å²) in [7, 11) is 1.28. The fraction of sp³-hybridized carbons (Fsp3) is 0.235. The Hall–Kier alpha value is -2.69. The van der Waals surface area contributed by atoms with Crippen LogP contribution in [-0.2, 0) is 16.0 Å². The van der Waals surface area contributed by atoms with Crippen LogP contribution >= 0.6 is 0 Å². The van der Waals surface area contributed by atoms with Gasteiger partial charge in [-0.15, -0.1) is 0 Å². The van der Waals surface area contributed by atoms with Gasteiger partial charge in [-0.3, -0.25) is 14.6 Å². The Balaban J connectivity index is 2.13. The Morgan fingerprint density at radius 2 is 1.91 bits per heavy atom. The number of pyridine rings is 1. The van der Waals surface area contributed by atoms with E-state index < -0.39 is 5.97 Å². The Kier molecular flexibility index (Phi) is 5.25. The minimum Gasteiger partial charge on any atom is -0.468 e. The molecule has 0 aliphatic heterocycles. The number of carbonyl (C=O) groups is 2. The molecule has 5 nitrogen and oxygen atoms in total. The largest absolute Gasteiger partial charge is 0.468 e. The first kappa shape index (κ1) is 15.7. The molecule has 0 aliphatic rings. The van der Waals surface area contributed by atoms with Crippen LogP contribution in [-0.4, -0.2) is 30.5 Å². The van der Waals surface area contributed by atoms with Crippen LogP contribution in [0.5, 0.6) is 0 Å². The first-order chi connectivity index (χ1) is 10.7. The molecule has 5 heteroatoms. The molecular formula is C17H18N2O3. The molecular weight excluding hydrogens is 280 g/mol. The SMILES string of the molecule is CCc1ncccc1-c1ccc(C(=O)NCC(=O)OC)cc1. The van der Waals surface area contributed by atoms with E-state index in [1.54, 1.807) is 18.3 Å². The summed E-state index contributed by atoms with van der Waals surface area (Å²) in [5.74, 6) is -0.785. The zero-order chi connectivity index (χ0) is 15.9. The van der Waals surface area contributed by atoms with E-state index in [2.05, 4.69) is 22.0 Å². The van der Waals surface area contributed by atoms with Gasteiger partial charge in [-0.05, 0) is 30.2 Å². The van der Waals surface area contributed by atoms with Crippen molar-refractivity contribution in [1.29, 1.82) is 0 Å². The minimum absolute atomic E-state index is 0.139. The first-order valence-electron chi connectivity index (χ1n) is 7.05. The monoisotopic (exact) mass is 298 g/mol. The molecule has 0 aliphatic carbocycles. The summed E-state index contributed by atoms with van der Waals surface area (Å²) >= 11 is 0. The molecule has 0 spiro atoms. The highest BCUT2D eigenvalue weighted by atomic mass is 16.5. The van der Waals surface area contributed by atoms with E-state index in [1.165, 1.54) is 7.11 Å². The van der Waals surface area contributed by atoms with E-state index >= 15 is 0 Å². The Morgan fingerprint density at radius 3 is 2.55 bits per heavy atom. The molecule has 1 aromatic carbocycles. The molecule has 0 bridgehead atoms. The van der Waals surface area contributed by atoms with Crippen molar-refractivity contribution in [3.8, 4) is 11.1 Å². The molecule has 2 rings (SSSR count). The van der Waals surface area contributed by atoms with E-state index in [0.29, 0.717) is 5.56 Å². The van der Waals surface area contributed by atoms with Crippen molar-refractivity contribution in [2.24, 2.45) is 0 Å². The highest BCUT2D eigenvalue weighted by molar-refractivity contribution is 5.96. The van der Waals surface area contributed by atoms with Crippen LogP contribution in [0, 0.1) is 0 Å². The number of amides is 1. The lowest BCUT2D eigenvalue weighted by molar-refractivity contribution is -0.139. The molecule has 22 heavy (non-hydrogen) atoms. The second-order valence-electron chi connectivity index (χ2n) is 4.69. The Morgan fingerprint density at radius 1 is 1.18 bits per heavy atom. The molecule has 2 aromatic rings.